The van der Waals surface area contributed by atoms with Crippen LogP contribution in [0.25, 0.3) is 0 Å². The van der Waals surface area contributed by atoms with E-state index in [0.717, 1.165) is 0 Å². The van der Waals surface area contributed by atoms with E-state index in [9.17, 15) is 9.59 Å². The van der Waals surface area contributed by atoms with Gasteiger partial charge in [-0.2, -0.15) is 0 Å². The maximum absolute atomic E-state index is 12.0. The molecule has 0 spiro atoms. The molecule has 2 aromatic rings. The number of carbonyl (C=O) groups is 2. The quantitative estimate of drug-likeness (QED) is 0.476. The van der Waals surface area contributed by atoms with Crippen LogP contribution in [-0.2, 0) is 0 Å². The summed E-state index contributed by atoms with van der Waals surface area (Å²) in [5.74, 6) is 0. The zero-order valence-electron chi connectivity index (χ0n) is 14.1. The van der Waals surface area contributed by atoms with Gasteiger partial charge in [0.15, 0.2) is 0 Å². The molecule has 0 aliphatic rings. The number of benzene rings is 2. The summed E-state index contributed by atoms with van der Waals surface area (Å²) >= 11 is 23.4. The molecule has 0 fully saturated rings. The van der Waals surface area contributed by atoms with Gasteiger partial charge in [-0.25, -0.2) is 9.59 Å². The van der Waals surface area contributed by atoms with Crippen LogP contribution in [0.2, 0.25) is 20.1 Å². The van der Waals surface area contributed by atoms with E-state index in [1.54, 1.807) is 31.2 Å². The van der Waals surface area contributed by atoms with Crippen LogP contribution >= 0.6 is 46.4 Å². The van der Waals surface area contributed by atoms with Crippen molar-refractivity contribution in [3.8, 4) is 0 Å². The number of urea groups is 2. The average molecular weight is 450 g/mol. The van der Waals surface area contributed by atoms with Crippen molar-refractivity contribution in [3.05, 3.63) is 56.5 Å². The second kappa shape index (κ2) is 9.90. The first-order chi connectivity index (χ1) is 12.7. The molecule has 27 heavy (non-hydrogen) atoms. The van der Waals surface area contributed by atoms with Crippen LogP contribution in [0.5, 0.6) is 0 Å². The van der Waals surface area contributed by atoms with Crippen molar-refractivity contribution in [1.82, 2.24) is 10.6 Å². The molecule has 4 N–H and O–H groups in total. The van der Waals surface area contributed by atoms with Crippen LogP contribution < -0.4 is 21.3 Å². The normalized spacial score (nSPS) is 11.4. The molecule has 2 aromatic carbocycles. The fraction of sp³-hybridized carbons (Fsp3) is 0.176. The Hall–Kier alpha value is -1.86. The highest BCUT2D eigenvalue weighted by Gasteiger charge is 2.10. The number of nitrogens with one attached hydrogen (secondary N) is 4. The summed E-state index contributed by atoms with van der Waals surface area (Å²) in [5, 5.41) is 12.1. The number of hydrogen-bond acceptors (Lipinski definition) is 2. The number of carbonyl (C=O) groups excluding carboxylic acids is 2. The van der Waals surface area contributed by atoms with Gasteiger partial charge in [-0.1, -0.05) is 46.4 Å². The third-order valence-electron chi connectivity index (χ3n) is 3.30. The van der Waals surface area contributed by atoms with Crippen molar-refractivity contribution in [2.24, 2.45) is 0 Å². The number of rotatable bonds is 5. The smallest absolute Gasteiger partial charge is 0.319 e. The van der Waals surface area contributed by atoms with Crippen LogP contribution in [0, 0.1) is 0 Å². The highest BCUT2D eigenvalue weighted by Crippen LogP contribution is 2.25. The molecule has 2 rings (SSSR count). The lowest BCUT2D eigenvalue weighted by Crippen LogP contribution is -2.44. The van der Waals surface area contributed by atoms with Gasteiger partial charge in [-0.3, -0.25) is 0 Å². The van der Waals surface area contributed by atoms with Gasteiger partial charge >= 0.3 is 12.1 Å². The monoisotopic (exact) mass is 448 g/mol. The molecule has 4 amide bonds. The van der Waals surface area contributed by atoms with Crippen LogP contribution in [-0.4, -0.2) is 24.6 Å². The Morgan fingerprint density at radius 2 is 1.30 bits per heavy atom. The summed E-state index contributed by atoms with van der Waals surface area (Å²) in [6.45, 7) is 1.95. The van der Waals surface area contributed by atoms with Crippen molar-refractivity contribution < 1.29 is 9.59 Å². The van der Waals surface area contributed by atoms with Gasteiger partial charge in [0.1, 0.15) is 0 Å². The Bertz CT molecular complexity index is 848. The molecular weight excluding hydrogens is 434 g/mol. The lowest BCUT2D eigenvalue weighted by atomic mass is 10.3. The summed E-state index contributed by atoms with van der Waals surface area (Å²) < 4.78 is 0. The minimum absolute atomic E-state index is 0.210. The third kappa shape index (κ3) is 6.99. The zero-order valence-corrected chi connectivity index (χ0v) is 17.1. The molecule has 0 saturated carbocycles. The van der Waals surface area contributed by atoms with Crippen molar-refractivity contribution in [1.29, 1.82) is 0 Å². The number of halogens is 4. The molecule has 0 heterocycles. The summed E-state index contributed by atoms with van der Waals surface area (Å²) in [5.41, 5.74) is 0.999. The first-order valence-corrected chi connectivity index (χ1v) is 9.28. The van der Waals surface area contributed by atoms with E-state index >= 15 is 0 Å². The van der Waals surface area contributed by atoms with E-state index in [0.29, 0.717) is 31.5 Å². The minimum atomic E-state index is -0.438. The zero-order chi connectivity index (χ0) is 20.0. The Labute approximate surface area is 176 Å². The van der Waals surface area contributed by atoms with Crippen LogP contribution in [0.1, 0.15) is 6.92 Å². The molecular formula is C17H16Cl4N4O2. The van der Waals surface area contributed by atoms with Gasteiger partial charge in [0.05, 0.1) is 20.1 Å². The Balaban J connectivity index is 1.76. The Morgan fingerprint density at radius 3 is 1.78 bits per heavy atom. The first-order valence-electron chi connectivity index (χ1n) is 7.77. The van der Waals surface area contributed by atoms with Gasteiger partial charge < -0.3 is 21.3 Å². The van der Waals surface area contributed by atoms with Crippen molar-refractivity contribution in [2.45, 2.75) is 13.0 Å². The van der Waals surface area contributed by atoms with Crippen molar-refractivity contribution in [2.75, 3.05) is 17.2 Å². The lowest BCUT2D eigenvalue weighted by molar-refractivity contribution is 0.244. The van der Waals surface area contributed by atoms with Gasteiger partial charge in [-0.05, 0) is 43.3 Å². The predicted octanol–water partition coefficient (Wildman–Crippen LogP) is 5.63. The van der Waals surface area contributed by atoms with Gasteiger partial charge in [-0.15, -0.1) is 0 Å². The number of hydrogen-bond donors (Lipinski definition) is 4. The fourth-order valence-corrected chi connectivity index (χ4v) is 2.61. The van der Waals surface area contributed by atoms with E-state index in [2.05, 4.69) is 21.3 Å². The standard InChI is InChI=1S/C17H16Cl4N4O2/c1-9(23-17(27)25-11-3-5-13(19)15(21)7-11)8-22-16(26)24-10-2-4-12(18)14(20)6-10/h2-7,9H,8H2,1H3,(H2,22,24,26)(H2,23,25,27). The maximum atomic E-state index is 12.0. The van der Waals surface area contributed by atoms with E-state index in [1.807, 2.05) is 0 Å². The molecule has 10 heteroatoms. The molecule has 0 saturated heterocycles. The fourth-order valence-electron chi connectivity index (χ4n) is 2.01. The van der Waals surface area contributed by atoms with E-state index in [-0.39, 0.29) is 12.6 Å². The van der Waals surface area contributed by atoms with Crippen LogP contribution in [0.15, 0.2) is 36.4 Å². The average Bonchev–Trinajstić information content (AvgIpc) is 2.59. The Morgan fingerprint density at radius 1 is 0.815 bits per heavy atom. The summed E-state index contributed by atoms with van der Waals surface area (Å²) in [6, 6.07) is 8.29. The van der Waals surface area contributed by atoms with Crippen molar-refractivity contribution in [3.63, 3.8) is 0 Å². The Kier molecular flexibility index (Phi) is 7.86. The number of anilines is 2. The van der Waals surface area contributed by atoms with Crippen molar-refractivity contribution >= 4 is 69.8 Å². The summed E-state index contributed by atoms with van der Waals surface area (Å²) in [4.78, 5) is 23.9. The van der Waals surface area contributed by atoms with Gasteiger partial charge in [0.25, 0.3) is 0 Å². The second-order valence-corrected chi connectivity index (χ2v) is 7.22. The maximum Gasteiger partial charge on any atom is 0.319 e. The lowest BCUT2D eigenvalue weighted by Gasteiger charge is -2.16. The van der Waals surface area contributed by atoms with E-state index < -0.39 is 12.1 Å². The SMILES string of the molecule is CC(CNC(=O)Nc1ccc(Cl)c(Cl)c1)NC(=O)Nc1ccc(Cl)c(Cl)c1. The number of amides is 4. The topological polar surface area (TPSA) is 82.3 Å². The molecule has 144 valence electrons. The second-order valence-electron chi connectivity index (χ2n) is 5.59. The minimum Gasteiger partial charge on any atom is -0.336 e. The highest BCUT2D eigenvalue weighted by molar-refractivity contribution is 6.42. The summed E-state index contributed by atoms with van der Waals surface area (Å²) in [6.07, 6.45) is 0. The largest absolute Gasteiger partial charge is 0.336 e. The molecule has 1 unspecified atom stereocenters. The third-order valence-corrected chi connectivity index (χ3v) is 4.78. The molecule has 0 aromatic heterocycles. The molecule has 0 aliphatic heterocycles. The molecule has 0 bridgehead atoms. The molecule has 6 nitrogen and oxygen atoms in total. The molecule has 1 atom stereocenters. The van der Waals surface area contributed by atoms with Gasteiger partial charge in [0.2, 0.25) is 0 Å². The predicted molar refractivity (Wildman–Crippen MR) is 112 cm³/mol. The van der Waals surface area contributed by atoms with E-state index in [1.165, 1.54) is 12.1 Å². The molecule has 0 aliphatic carbocycles. The van der Waals surface area contributed by atoms with E-state index in [4.69, 9.17) is 46.4 Å². The summed E-state index contributed by atoms with van der Waals surface area (Å²) in [7, 11) is 0. The highest BCUT2D eigenvalue weighted by atomic mass is 35.5. The van der Waals surface area contributed by atoms with Gasteiger partial charge in [0, 0.05) is 24.0 Å². The van der Waals surface area contributed by atoms with Crippen LogP contribution in [0.4, 0.5) is 21.0 Å². The molecule has 0 radical (unpaired) electrons. The first kappa shape index (κ1) is 21.4. The van der Waals surface area contributed by atoms with Crippen LogP contribution in [0.3, 0.4) is 0 Å².